The van der Waals surface area contributed by atoms with Crippen LogP contribution in [0.25, 0.3) is 0 Å². The van der Waals surface area contributed by atoms with Crippen LogP contribution < -0.4 is 10.3 Å². The number of aromatic amines is 1. The van der Waals surface area contributed by atoms with Gasteiger partial charge in [0.15, 0.2) is 0 Å². The number of rotatable bonds is 4. The number of nitrogens with one attached hydrogen (secondary N) is 1. The highest BCUT2D eigenvalue weighted by Gasteiger charge is 2.25. The summed E-state index contributed by atoms with van der Waals surface area (Å²) in [6, 6.07) is 7.27. The van der Waals surface area contributed by atoms with Gasteiger partial charge in [-0.1, -0.05) is 11.6 Å². The van der Waals surface area contributed by atoms with E-state index in [9.17, 15) is 14.0 Å². The first-order valence-corrected chi connectivity index (χ1v) is 8.46. The molecule has 1 aliphatic heterocycles. The molecular formula is C18H18ClFN2O3. The molecular weight excluding hydrogens is 347 g/mol. The molecule has 1 N–H and O–H groups in total. The van der Waals surface area contributed by atoms with Crippen molar-refractivity contribution in [1.82, 2.24) is 9.88 Å². The van der Waals surface area contributed by atoms with E-state index in [-0.39, 0.29) is 22.7 Å². The van der Waals surface area contributed by atoms with E-state index in [1.807, 2.05) is 0 Å². The molecule has 3 rings (SSSR count). The molecule has 1 aliphatic rings. The zero-order valence-corrected chi connectivity index (χ0v) is 14.3. The van der Waals surface area contributed by atoms with E-state index in [2.05, 4.69) is 4.98 Å². The van der Waals surface area contributed by atoms with Crippen molar-refractivity contribution < 1.29 is 13.9 Å². The van der Waals surface area contributed by atoms with Crippen molar-refractivity contribution in [2.45, 2.75) is 12.8 Å². The van der Waals surface area contributed by atoms with Gasteiger partial charge in [-0.15, -0.1) is 0 Å². The quantitative estimate of drug-likeness (QED) is 0.906. The number of hydrogen-bond acceptors (Lipinski definition) is 3. The lowest BCUT2D eigenvalue weighted by atomic mass is 9.98. The van der Waals surface area contributed by atoms with E-state index in [0.29, 0.717) is 31.0 Å². The predicted octanol–water partition coefficient (Wildman–Crippen LogP) is 3.10. The Morgan fingerprint density at radius 3 is 2.84 bits per heavy atom. The summed E-state index contributed by atoms with van der Waals surface area (Å²) in [6.45, 7) is 1.68. The fraction of sp³-hybridized carbons (Fsp3) is 0.333. The van der Waals surface area contributed by atoms with Gasteiger partial charge in [0.25, 0.3) is 11.5 Å². The summed E-state index contributed by atoms with van der Waals surface area (Å²) in [5.41, 5.74) is -0.0489. The number of aromatic nitrogens is 1. The lowest BCUT2D eigenvalue weighted by molar-refractivity contribution is 0.0633. The van der Waals surface area contributed by atoms with Crippen molar-refractivity contribution in [2.24, 2.45) is 5.92 Å². The van der Waals surface area contributed by atoms with Gasteiger partial charge in [0.2, 0.25) is 0 Å². The molecule has 1 atom stereocenters. The molecule has 1 aromatic heterocycles. The zero-order chi connectivity index (χ0) is 17.8. The summed E-state index contributed by atoms with van der Waals surface area (Å²) >= 11 is 5.79. The second-order valence-corrected chi connectivity index (χ2v) is 6.50. The third-order valence-corrected chi connectivity index (χ3v) is 4.49. The van der Waals surface area contributed by atoms with Gasteiger partial charge in [-0.25, -0.2) is 4.39 Å². The summed E-state index contributed by atoms with van der Waals surface area (Å²) in [5, 5.41) is -0.000877. The molecule has 0 spiro atoms. The van der Waals surface area contributed by atoms with E-state index in [1.165, 1.54) is 24.4 Å². The molecule has 5 nitrogen and oxygen atoms in total. The molecule has 2 heterocycles. The van der Waals surface area contributed by atoms with Crippen molar-refractivity contribution in [2.75, 3.05) is 19.7 Å². The van der Waals surface area contributed by atoms with Crippen molar-refractivity contribution in [3.8, 4) is 5.75 Å². The summed E-state index contributed by atoms with van der Waals surface area (Å²) in [6.07, 6.45) is 3.22. The van der Waals surface area contributed by atoms with Crippen LogP contribution in [0.1, 0.15) is 23.2 Å². The Hall–Kier alpha value is -2.34. The lowest BCUT2D eigenvalue weighted by Gasteiger charge is -2.32. The number of pyridine rings is 1. The lowest BCUT2D eigenvalue weighted by Crippen LogP contribution is -2.41. The van der Waals surface area contributed by atoms with Crippen molar-refractivity contribution >= 4 is 17.5 Å². The molecule has 0 saturated carbocycles. The van der Waals surface area contributed by atoms with Gasteiger partial charge in [-0.2, -0.15) is 0 Å². The van der Waals surface area contributed by atoms with E-state index in [4.69, 9.17) is 16.3 Å². The molecule has 2 aromatic rings. The minimum Gasteiger partial charge on any atom is -0.493 e. The molecule has 132 valence electrons. The Morgan fingerprint density at radius 2 is 2.12 bits per heavy atom. The predicted molar refractivity (Wildman–Crippen MR) is 92.6 cm³/mol. The number of benzene rings is 1. The van der Waals surface area contributed by atoms with Crippen LogP contribution in [0, 0.1) is 11.7 Å². The average Bonchev–Trinajstić information content (AvgIpc) is 2.63. The second kappa shape index (κ2) is 7.70. The van der Waals surface area contributed by atoms with Crippen LogP contribution in [0.15, 0.2) is 41.3 Å². The highest BCUT2D eigenvalue weighted by atomic mass is 35.5. The van der Waals surface area contributed by atoms with Gasteiger partial charge < -0.3 is 14.6 Å². The molecule has 1 saturated heterocycles. The van der Waals surface area contributed by atoms with Crippen LogP contribution in [0.4, 0.5) is 4.39 Å². The first kappa shape index (κ1) is 17.5. The third-order valence-electron chi connectivity index (χ3n) is 4.21. The van der Waals surface area contributed by atoms with Crippen LogP contribution in [0.3, 0.4) is 0 Å². The number of carbonyl (C=O) groups excluding carboxylic acids is 1. The molecule has 1 unspecified atom stereocenters. The zero-order valence-electron chi connectivity index (χ0n) is 13.5. The van der Waals surface area contributed by atoms with Gasteiger partial charge >= 0.3 is 0 Å². The van der Waals surface area contributed by atoms with Crippen molar-refractivity contribution in [1.29, 1.82) is 0 Å². The molecule has 0 radical (unpaired) electrons. The Balaban J connectivity index is 1.60. The molecule has 1 amide bonds. The number of H-pyrrole nitrogens is 1. The SMILES string of the molecule is O=C(c1c[nH]c(=O)c(Cl)c1)N1CCCC(COc2ccc(F)cc2)C1. The topological polar surface area (TPSA) is 62.4 Å². The second-order valence-electron chi connectivity index (χ2n) is 6.09. The number of amides is 1. The molecule has 1 fully saturated rings. The summed E-state index contributed by atoms with van der Waals surface area (Å²) < 4.78 is 18.6. The van der Waals surface area contributed by atoms with E-state index < -0.39 is 5.56 Å². The summed E-state index contributed by atoms with van der Waals surface area (Å²) in [7, 11) is 0. The summed E-state index contributed by atoms with van der Waals surface area (Å²) in [5.74, 6) is 0.337. The molecule has 25 heavy (non-hydrogen) atoms. The minimum absolute atomic E-state index is 0.000877. The normalized spacial score (nSPS) is 17.4. The monoisotopic (exact) mass is 364 g/mol. The highest BCUT2D eigenvalue weighted by Crippen LogP contribution is 2.21. The fourth-order valence-corrected chi connectivity index (χ4v) is 3.06. The molecule has 1 aromatic carbocycles. The van der Waals surface area contributed by atoms with Gasteiger partial charge in [-0.05, 0) is 43.2 Å². The van der Waals surface area contributed by atoms with Crippen molar-refractivity contribution in [3.05, 3.63) is 63.3 Å². The maximum Gasteiger partial charge on any atom is 0.266 e. The smallest absolute Gasteiger partial charge is 0.266 e. The fourth-order valence-electron chi connectivity index (χ4n) is 2.89. The third kappa shape index (κ3) is 4.39. The molecule has 0 bridgehead atoms. The summed E-state index contributed by atoms with van der Waals surface area (Å²) in [4.78, 5) is 28.1. The Kier molecular flexibility index (Phi) is 5.38. The molecule has 7 heteroatoms. The van der Waals surface area contributed by atoms with Crippen molar-refractivity contribution in [3.63, 3.8) is 0 Å². The maximum atomic E-state index is 12.9. The minimum atomic E-state index is -0.414. The average molecular weight is 365 g/mol. The number of nitrogens with zero attached hydrogens (tertiary/aromatic N) is 1. The largest absolute Gasteiger partial charge is 0.493 e. The van der Waals surface area contributed by atoms with Crippen LogP contribution >= 0.6 is 11.6 Å². The standard InChI is InChI=1S/C18H18ClFN2O3/c19-16-8-13(9-21-17(16)23)18(24)22-7-1-2-12(10-22)11-25-15-5-3-14(20)4-6-15/h3-6,8-9,12H,1-2,7,10-11H2,(H,21,23). The number of halogens is 2. The first-order chi connectivity index (χ1) is 12.0. The van der Waals surface area contributed by atoms with Crippen LogP contribution in [-0.4, -0.2) is 35.5 Å². The number of ether oxygens (including phenoxy) is 1. The van der Waals surface area contributed by atoms with Gasteiger partial charge in [0.1, 0.15) is 16.6 Å². The van der Waals surface area contributed by atoms with Gasteiger partial charge in [0.05, 0.1) is 12.2 Å². The number of likely N-dealkylation sites (tertiary alicyclic amines) is 1. The maximum absolute atomic E-state index is 12.9. The van der Waals surface area contributed by atoms with Gasteiger partial charge in [-0.3, -0.25) is 9.59 Å². The Morgan fingerprint density at radius 1 is 1.36 bits per heavy atom. The van der Waals surface area contributed by atoms with Crippen LogP contribution in [0.2, 0.25) is 5.02 Å². The van der Waals surface area contributed by atoms with E-state index >= 15 is 0 Å². The van der Waals surface area contributed by atoms with E-state index in [0.717, 1.165) is 12.8 Å². The Bertz CT molecular complexity index is 807. The highest BCUT2D eigenvalue weighted by molar-refractivity contribution is 6.30. The first-order valence-electron chi connectivity index (χ1n) is 8.09. The molecule has 0 aliphatic carbocycles. The number of piperidine rings is 1. The van der Waals surface area contributed by atoms with E-state index in [1.54, 1.807) is 17.0 Å². The number of hydrogen-bond donors (Lipinski definition) is 1. The number of carbonyl (C=O) groups is 1. The van der Waals surface area contributed by atoms with Gasteiger partial charge in [0, 0.05) is 25.2 Å². The van der Waals surface area contributed by atoms with Crippen LogP contribution in [0.5, 0.6) is 5.75 Å². The Labute approximate surface area is 149 Å². The van der Waals surface area contributed by atoms with Crippen LogP contribution in [-0.2, 0) is 0 Å².